The number of benzene rings is 1. The molecular formula is C24H37NO5. The summed E-state index contributed by atoms with van der Waals surface area (Å²) in [6.45, 7) is 6.91. The van der Waals surface area contributed by atoms with Crippen LogP contribution in [0.1, 0.15) is 56.2 Å². The first kappa shape index (κ1) is 24.2. The van der Waals surface area contributed by atoms with Crippen LogP contribution in [0.15, 0.2) is 17.9 Å². The lowest BCUT2D eigenvalue weighted by molar-refractivity contribution is -0.116. The summed E-state index contributed by atoms with van der Waals surface area (Å²) in [5, 5.41) is 3.23. The standard InChI is InChI=1S/C21H29NO4.C3H8O/c1-6-14-11-13(2)12-16(25-4)17(14)18-19(26-5)21(22-20(18)23)9-7-15(24-3)8-10-21;1-3-4-2/h11-12,15H,6-10H2,1-5H3,(H,22,23);3H2,1-2H3. The third-order valence-corrected chi connectivity index (χ3v) is 6.03. The highest BCUT2D eigenvalue weighted by Gasteiger charge is 2.49. The van der Waals surface area contributed by atoms with E-state index >= 15 is 0 Å². The van der Waals surface area contributed by atoms with Gasteiger partial charge in [0.05, 0.1) is 31.4 Å². The Morgan fingerprint density at radius 3 is 2.17 bits per heavy atom. The molecule has 2 aliphatic rings. The molecule has 6 heteroatoms. The Kier molecular flexibility index (Phi) is 8.74. The van der Waals surface area contributed by atoms with Gasteiger partial charge in [-0.1, -0.05) is 13.0 Å². The van der Waals surface area contributed by atoms with Gasteiger partial charge in [0.25, 0.3) is 5.91 Å². The number of carbonyl (C=O) groups excluding carboxylic acids is 1. The molecule has 6 nitrogen and oxygen atoms in total. The number of hydrogen-bond acceptors (Lipinski definition) is 5. The maximum Gasteiger partial charge on any atom is 0.256 e. The van der Waals surface area contributed by atoms with Crippen LogP contribution in [0.25, 0.3) is 5.57 Å². The van der Waals surface area contributed by atoms with E-state index < -0.39 is 5.54 Å². The Hall–Kier alpha value is -2.05. The van der Waals surface area contributed by atoms with Crippen molar-refractivity contribution in [2.75, 3.05) is 35.0 Å². The van der Waals surface area contributed by atoms with Crippen LogP contribution in [0.2, 0.25) is 0 Å². The second-order valence-electron chi connectivity index (χ2n) is 7.81. The van der Waals surface area contributed by atoms with E-state index in [1.54, 1.807) is 28.4 Å². The molecule has 1 aliphatic heterocycles. The number of nitrogens with one attached hydrogen (secondary N) is 1. The van der Waals surface area contributed by atoms with Gasteiger partial charge in [-0.15, -0.1) is 0 Å². The van der Waals surface area contributed by atoms with Crippen molar-refractivity contribution >= 4 is 11.5 Å². The molecule has 1 heterocycles. The summed E-state index contributed by atoms with van der Waals surface area (Å²) in [7, 11) is 6.74. The van der Waals surface area contributed by atoms with Gasteiger partial charge in [-0.2, -0.15) is 0 Å². The summed E-state index contributed by atoms with van der Waals surface area (Å²) in [6.07, 6.45) is 4.52. The average Bonchev–Trinajstić information content (AvgIpc) is 3.03. The summed E-state index contributed by atoms with van der Waals surface area (Å²) >= 11 is 0. The van der Waals surface area contributed by atoms with Crippen LogP contribution in [-0.4, -0.2) is 52.6 Å². The van der Waals surface area contributed by atoms with Gasteiger partial charge in [0, 0.05) is 26.4 Å². The van der Waals surface area contributed by atoms with Crippen molar-refractivity contribution in [1.82, 2.24) is 5.32 Å². The molecule has 1 saturated carbocycles. The van der Waals surface area contributed by atoms with Crippen molar-refractivity contribution in [3.63, 3.8) is 0 Å². The third-order valence-electron chi connectivity index (χ3n) is 6.03. The quantitative estimate of drug-likeness (QED) is 0.754. The van der Waals surface area contributed by atoms with E-state index in [1.807, 2.05) is 19.9 Å². The smallest absolute Gasteiger partial charge is 0.256 e. The van der Waals surface area contributed by atoms with Gasteiger partial charge in [0.2, 0.25) is 0 Å². The number of rotatable bonds is 6. The lowest BCUT2D eigenvalue weighted by atomic mass is 9.79. The van der Waals surface area contributed by atoms with Gasteiger partial charge in [0.1, 0.15) is 11.5 Å². The molecule has 1 aliphatic carbocycles. The van der Waals surface area contributed by atoms with E-state index in [2.05, 4.69) is 23.0 Å². The molecule has 0 unspecified atom stereocenters. The molecule has 168 valence electrons. The third kappa shape index (κ3) is 4.81. The summed E-state index contributed by atoms with van der Waals surface area (Å²) < 4.78 is 21.5. The van der Waals surface area contributed by atoms with Crippen molar-refractivity contribution in [3.8, 4) is 5.75 Å². The first-order valence-corrected chi connectivity index (χ1v) is 10.7. The van der Waals surface area contributed by atoms with Crippen LogP contribution in [0.3, 0.4) is 0 Å². The van der Waals surface area contributed by atoms with Gasteiger partial charge < -0.3 is 24.3 Å². The van der Waals surface area contributed by atoms with Crippen molar-refractivity contribution < 1.29 is 23.7 Å². The molecule has 0 bridgehead atoms. The van der Waals surface area contributed by atoms with E-state index in [4.69, 9.17) is 14.2 Å². The number of amides is 1. The predicted molar refractivity (Wildman–Crippen MR) is 119 cm³/mol. The van der Waals surface area contributed by atoms with E-state index in [0.29, 0.717) is 5.57 Å². The molecule has 1 N–H and O–H groups in total. The van der Waals surface area contributed by atoms with Crippen molar-refractivity contribution in [3.05, 3.63) is 34.6 Å². The van der Waals surface area contributed by atoms with Crippen molar-refractivity contribution in [2.45, 2.75) is 64.5 Å². The molecular weight excluding hydrogens is 382 g/mol. The molecule has 0 atom stereocenters. The minimum Gasteiger partial charge on any atom is -0.498 e. The van der Waals surface area contributed by atoms with Gasteiger partial charge >= 0.3 is 0 Å². The summed E-state index contributed by atoms with van der Waals surface area (Å²) in [5.74, 6) is 1.40. The lowest BCUT2D eigenvalue weighted by Gasteiger charge is -2.37. The normalized spacial score (nSPS) is 23.2. The Bertz CT molecular complexity index is 736. The molecule has 1 aromatic carbocycles. The monoisotopic (exact) mass is 419 g/mol. The lowest BCUT2D eigenvalue weighted by Crippen LogP contribution is -2.48. The van der Waals surface area contributed by atoms with Crippen LogP contribution in [0.5, 0.6) is 5.75 Å². The second kappa shape index (κ2) is 10.8. The van der Waals surface area contributed by atoms with E-state index in [9.17, 15) is 4.79 Å². The Morgan fingerprint density at radius 2 is 1.70 bits per heavy atom. The topological polar surface area (TPSA) is 66.0 Å². The molecule has 0 saturated heterocycles. The first-order chi connectivity index (χ1) is 14.4. The molecule has 3 rings (SSSR count). The van der Waals surface area contributed by atoms with Crippen molar-refractivity contribution in [1.29, 1.82) is 0 Å². The van der Waals surface area contributed by atoms with Crippen LogP contribution in [0.4, 0.5) is 0 Å². The molecule has 0 aromatic heterocycles. The summed E-state index contributed by atoms with van der Waals surface area (Å²) in [5.41, 5.74) is 3.27. The number of aryl methyl sites for hydroxylation is 2. The molecule has 1 aromatic rings. The molecule has 0 radical (unpaired) electrons. The zero-order chi connectivity index (χ0) is 22.3. The van der Waals surface area contributed by atoms with Gasteiger partial charge in [0.15, 0.2) is 0 Å². The van der Waals surface area contributed by atoms with Gasteiger partial charge in [-0.3, -0.25) is 4.79 Å². The van der Waals surface area contributed by atoms with E-state index in [-0.39, 0.29) is 12.0 Å². The van der Waals surface area contributed by atoms with Crippen LogP contribution in [-0.2, 0) is 25.4 Å². The van der Waals surface area contributed by atoms with Gasteiger partial charge in [-0.05, 0) is 63.1 Å². The number of hydrogen-bond donors (Lipinski definition) is 1. The fourth-order valence-electron chi connectivity index (χ4n) is 4.42. The minimum absolute atomic E-state index is 0.0745. The fraction of sp³-hybridized carbons (Fsp3) is 0.625. The fourth-order valence-corrected chi connectivity index (χ4v) is 4.42. The maximum atomic E-state index is 13.1. The first-order valence-electron chi connectivity index (χ1n) is 10.7. The number of carbonyl (C=O) groups is 1. The Labute approximate surface area is 180 Å². The molecule has 1 spiro atoms. The van der Waals surface area contributed by atoms with Crippen LogP contribution >= 0.6 is 0 Å². The predicted octanol–water partition coefficient (Wildman–Crippen LogP) is 4.03. The van der Waals surface area contributed by atoms with Gasteiger partial charge in [-0.25, -0.2) is 0 Å². The zero-order valence-electron chi connectivity index (χ0n) is 19.5. The largest absolute Gasteiger partial charge is 0.498 e. The highest BCUT2D eigenvalue weighted by Crippen LogP contribution is 2.46. The van der Waals surface area contributed by atoms with Crippen LogP contribution in [0, 0.1) is 6.92 Å². The van der Waals surface area contributed by atoms with E-state index in [0.717, 1.165) is 66.9 Å². The second-order valence-corrected chi connectivity index (χ2v) is 7.81. The SMILES string of the molecule is CCOC.CCc1cc(C)cc(OC)c1C1=C(OC)C2(CCC(OC)CC2)NC1=O. The van der Waals surface area contributed by atoms with Crippen LogP contribution < -0.4 is 10.1 Å². The van der Waals surface area contributed by atoms with Crippen molar-refractivity contribution in [2.24, 2.45) is 0 Å². The number of ether oxygens (including phenoxy) is 4. The highest BCUT2D eigenvalue weighted by molar-refractivity contribution is 6.24. The minimum atomic E-state index is -0.433. The molecule has 30 heavy (non-hydrogen) atoms. The summed E-state index contributed by atoms with van der Waals surface area (Å²) in [4.78, 5) is 13.1. The molecule has 1 fully saturated rings. The maximum absolute atomic E-state index is 13.1. The Morgan fingerprint density at radius 1 is 1.07 bits per heavy atom. The highest BCUT2D eigenvalue weighted by atomic mass is 16.5. The molecule has 1 amide bonds. The Balaban J connectivity index is 0.000000735. The van der Waals surface area contributed by atoms with E-state index in [1.165, 1.54) is 0 Å². The average molecular weight is 420 g/mol. The summed E-state index contributed by atoms with van der Waals surface area (Å²) in [6, 6.07) is 4.10. The zero-order valence-corrected chi connectivity index (χ0v) is 19.5. The number of methoxy groups -OCH3 is 4.